The Morgan fingerprint density at radius 3 is 1.67 bits per heavy atom. The molecule has 0 aromatic heterocycles. The fraction of sp³-hybridized carbons (Fsp3) is 1.00. The van der Waals surface area contributed by atoms with Gasteiger partial charge >= 0.3 is 0 Å². The molecule has 2 nitrogen and oxygen atoms in total. The molecule has 1 aliphatic carbocycles. The van der Waals surface area contributed by atoms with Crippen LogP contribution in [-0.2, 0) is 0 Å². The molecule has 0 amide bonds. The smallest absolute Gasteiger partial charge is 0.00394 e. The van der Waals surface area contributed by atoms with Crippen LogP contribution >= 0.6 is 0 Å². The molecular formula is C7H16N2. The molecule has 1 aliphatic rings. The van der Waals surface area contributed by atoms with Crippen LogP contribution in [0.15, 0.2) is 0 Å². The van der Waals surface area contributed by atoms with Crippen LogP contribution in [0, 0.1) is 0 Å². The second kappa shape index (κ2) is 3.18. The van der Waals surface area contributed by atoms with Crippen LogP contribution in [0.3, 0.4) is 0 Å². The van der Waals surface area contributed by atoms with Crippen LogP contribution in [0.25, 0.3) is 0 Å². The van der Waals surface area contributed by atoms with Gasteiger partial charge in [-0.05, 0) is 25.7 Å². The summed E-state index contributed by atoms with van der Waals surface area (Å²) in [5.74, 6) is 0. The minimum Gasteiger partial charge on any atom is -0.328 e. The molecule has 0 spiro atoms. The Balaban J connectivity index is 2.25. The Hall–Kier alpha value is -0.0800. The highest BCUT2D eigenvalue weighted by Crippen LogP contribution is 2.14. The van der Waals surface area contributed by atoms with E-state index < -0.39 is 0 Å². The van der Waals surface area contributed by atoms with E-state index >= 15 is 0 Å². The summed E-state index contributed by atoms with van der Waals surface area (Å²) in [6.45, 7) is 0. The summed E-state index contributed by atoms with van der Waals surface area (Å²) in [7, 11) is 0. The summed E-state index contributed by atoms with van der Waals surface area (Å²) in [5.41, 5.74) is 11.5. The van der Waals surface area contributed by atoms with Crippen LogP contribution < -0.4 is 11.5 Å². The highest BCUT2D eigenvalue weighted by atomic mass is 14.7. The fourth-order valence-electron chi connectivity index (χ4n) is 1.36. The lowest BCUT2D eigenvalue weighted by Crippen LogP contribution is -2.21. The van der Waals surface area contributed by atoms with E-state index in [-0.39, 0.29) is 0 Å². The molecular weight excluding hydrogens is 112 g/mol. The third-order valence-corrected chi connectivity index (χ3v) is 2.06. The number of nitrogens with two attached hydrogens (primary N) is 2. The van der Waals surface area contributed by atoms with Crippen LogP contribution in [-0.4, -0.2) is 12.1 Å². The largest absolute Gasteiger partial charge is 0.328 e. The van der Waals surface area contributed by atoms with E-state index in [2.05, 4.69) is 0 Å². The first-order valence-electron chi connectivity index (χ1n) is 3.80. The molecule has 2 heteroatoms. The normalized spacial score (nSPS) is 38.0. The van der Waals surface area contributed by atoms with Crippen molar-refractivity contribution in [1.29, 1.82) is 0 Å². The quantitative estimate of drug-likeness (QED) is 0.469. The van der Waals surface area contributed by atoms with Crippen molar-refractivity contribution in [2.45, 2.75) is 44.2 Å². The third-order valence-electron chi connectivity index (χ3n) is 2.06. The molecule has 1 rings (SSSR count). The zero-order valence-electron chi connectivity index (χ0n) is 5.84. The number of hydrogen-bond donors (Lipinski definition) is 2. The number of rotatable bonds is 0. The first kappa shape index (κ1) is 7.03. The molecule has 9 heavy (non-hydrogen) atoms. The molecule has 2 atom stereocenters. The van der Waals surface area contributed by atoms with Gasteiger partial charge in [0, 0.05) is 12.1 Å². The van der Waals surface area contributed by atoms with Crippen LogP contribution in [0.2, 0.25) is 0 Å². The molecule has 1 saturated carbocycles. The Bertz CT molecular complexity index is 73.0. The second-order valence-electron chi connectivity index (χ2n) is 3.03. The summed E-state index contributed by atoms with van der Waals surface area (Å²) in [6, 6.07) is 0.858. The Labute approximate surface area is 56.6 Å². The van der Waals surface area contributed by atoms with E-state index in [0.717, 1.165) is 12.8 Å². The first-order chi connectivity index (χ1) is 4.29. The molecule has 1 fully saturated rings. The zero-order chi connectivity index (χ0) is 6.69. The Kier molecular flexibility index (Phi) is 2.49. The molecule has 2 unspecified atom stereocenters. The number of hydrogen-bond acceptors (Lipinski definition) is 2. The van der Waals surface area contributed by atoms with Crippen molar-refractivity contribution in [2.24, 2.45) is 11.5 Å². The van der Waals surface area contributed by atoms with Crippen molar-refractivity contribution in [1.82, 2.24) is 0 Å². The predicted octanol–water partition coefficient (Wildman–Crippen LogP) is 0.605. The molecule has 0 bridgehead atoms. The predicted molar refractivity (Wildman–Crippen MR) is 39.0 cm³/mol. The molecule has 54 valence electrons. The van der Waals surface area contributed by atoms with Gasteiger partial charge in [0.15, 0.2) is 0 Å². The highest BCUT2D eigenvalue weighted by Gasteiger charge is 2.11. The lowest BCUT2D eigenvalue weighted by Gasteiger charge is -2.05. The van der Waals surface area contributed by atoms with E-state index in [9.17, 15) is 0 Å². The summed E-state index contributed by atoms with van der Waals surface area (Å²) < 4.78 is 0. The zero-order valence-corrected chi connectivity index (χ0v) is 5.84. The van der Waals surface area contributed by atoms with Gasteiger partial charge in [-0.25, -0.2) is 0 Å². The van der Waals surface area contributed by atoms with E-state index in [1.54, 1.807) is 0 Å². The second-order valence-corrected chi connectivity index (χ2v) is 3.03. The highest BCUT2D eigenvalue weighted by molar-refractivity contribution is 4.73. The van der Waals surface area contributed by atoms with Gasteiger partial charge < -0.3 is 11.5 Å². The summed E-state index contributed by atoms with van der Waals surface area (Å²) in [4.78, 5) is 0. The molecule has 0 aromatic carbocycles. The van der Waals surface area contributed by atoms with Gasteiger partial charge in [-0.15, -0.1) is 0 Å². The molecule has 0 radical (unpaired) electrons. The maximum absolute atomic E-state index is 5.74. The van der Waals surface area contributed by atoms with Gasteiger partial charge in [0.25, 0.3) is 0 Å². The fourth-order valence-corrected chi connectivity index (χ4v) is 1.36. The van der Waals surface area contributed by atoms with Crippen molar-refractivity contribution < 1.29 is 0 Å². The SMILES string of the molecule is NC1CCCC(N)CC1. The van der Waals surface area contributed by atoms with Gasteiger partial charge in [0.1, 0.15) is 0 Å². The third kappa shape index (κ3) is 2.33. The lowest BCUT2D eigenvalue weighted by atomic mass is 10.1. The minimum absolute atomic E-state index is 0.429. The van der Waals surface area contributed by atoms with Gasteiger partial charge in [0.2, 0.25) is 0 Å². The molecule has 4 N–H and O–H groups in total. The van der Waals surface area contributed by atoms with Crippen molar-refractivity contribution in [3.63, 3.8) is 0 Å². The van der Waals surface area contributed by atoms with Gasteiger partial charge in [-0.3, -0.25) is 0 Å². The maximum atomic E-state index is 5.74. The van der Waals surface area contributed by atoms with Gasteiger partial charge in [0.05, 0.1) is 0 Å². The minimum atomic E-state index is 0.429. The molecule has 0 saturated heterocycles. The van der Waals surface area contributed by atoms with Crippen molar-refractivity contribution in [3.05, 3.63) is 0 Å². The average molecular weight is 128 g/mol. The van der Waals surface area contributed by atoms with Crippen molar-refractivity contribution in [2.75, 3.05) is 0 Å². The average Bonchev–Trinajstić information content (AvgIpc) is 1.97. The molecule has 0 aliphatic heterocycles. The van der Waals surface area contributed by atoms with Crippen molar-refractivity contribution >= 4 is 0 Å². The summed E-state index contributed by atoms with van der Waals surface area (Å²) in [5, 5.41) is 0. The van der Waals surface area contributed by atoms with E-state index in [0.29, 0.717) is 12.1 Å². The van der Waals surface area contributed by atoms with E-state index in [4.69, 9.17) is 11.5 Å². The maximum Gasteiger partial charge on any atom is 0.00394 e. The monoisotopic (exact) mass is 128 g/mol. The van der Waals surface area contributed by atoms with Crippen LogP contribution in [0.5, 0.6) is 0 Å². The van der Waals surface area contributed by atoms with Gasteiger partial charge in [-0.2, -0.15) is 0 Å². The summed E-state index contributed by atoms with van der Waals surface area (Å²) in [6.07, 6.45) is 5.83. The Morgan fingerprint density at radius 2 is 1.22 bits per heavy atom. The molecule has 0 heterocycles. The van der Waals surface area contributed by atoms with Crippen LogP contribution in [0.4, 0.5) is 0 Å². The lowest BCUT2D eigenvalue weighted by molar-refractivity contribution is 0.564. The van der Waals surface area contributed by atoms with Crippen LogP contribution in [0.1, 0.15) is 32.1 Å². The topological polar surface area (TPSA) is 52.0 Å². The van der Waals surface area contributed by atoms with E-state index in [1.165, 1.54) is 19.3 Å². The molecule has 0 aromatic rings. The van der Waals surface area contributed by atoms with Crippen molar-refractivity contribution in [3.8, 4) is 0 Å². The Morgan fingerprint density at radius 1 is 0.778 bits per heavy atom. The first-order valence-corrected chi connectivity index (χ1v) is 3.80. The van der Waals surface area contributed by atoms with Gasteiger partial charge in [-0.1, -0.05) is 6.42 Å². The standard InChI is InChI=1S/C7H16N2/c8-6-2-1-3-7(9)5-4-6/h6-7H,1-5,8-9H2. The van der Waals surface area contributed by atoms with E-state index in [1.807, 2.05) is 0 Å². The summed E-state index contributed by atoms with van der Waals surface area (Å²) >= 11 is 0.